The summed E-state index contributed by atoms with van der Waals surface area (Å²) in [6.07, 6.45) is 3.42. The summed E-state index contributed by atoms with van der Waals surface area (Å²) in [6.45, 7) is 4.53. The van der Waals surface area contributed by atoms with E-state index in [1.54, 1.807) is 0 Å². The van der Waals surface area contributed by atoms with Gasteiger partial charge in [0.15, 0.2) is 5.75 Å². The van der Waals surface area contributed by atoms with Crippen molar-refractivity contribution in [2.45, 2.75) is 39.2 Å². The molecule has 1 fully saturated rings. The summed E-state index contributed by atoms with van der Waals surface area (Å²) in [6, 6.07) is 2.69. The van der Waals surface area contributed by atoms with Crippen molar-refractivity contribution < 1.29 is 9.13 Å². The van der Waals surface area contributed by atoms with E-state index in [-0.39, 0.29) is 11.9 Å². The van der Waals surface area contributed by atoms with Crippen molar-refractivity contribution in [1.29, 1.82) is 0 Å². The molecule has 1 aromatic carbocycles. The van der Waals surface area contributed by atoms with E-state index >= 15 is 0 Å². The second-order valence-electron chi connectivity index (χ2n) is 5.31. The zero-order valence-corrected chi connectivity index (χ0v) is 12.3. The molecule has 0 heterocycles. The molecule has 3 atom stereocenters. The Labute approximate surface area is 116 Å². The van der Waals surface area contributed by atoms with Crippen LogP contribution in [0.25, 0.3) is 0 Å². The third-order valence-corrected chi connectivity index (χ3v) is 4.46. The molecule has 0 bridgehead atoms. The standard InChI is InChI=1S/C14H19BrFNO/c1-8-3-4-11(5-9(8)2)18-14-12(15)6-10(16)7-13(14)17/h6-9,11H,3-5,17H2,1-2H3. The Bertz CT molecular complexity index is 415. The van der Waals surface area contributed by atoms with Crippen LogP contribution in [0.2, 0.25) is 0 Å². The SMILES string of the molecule is CC1CCC(Oc2c(N)cc(F)cc2Br)CC1C. The van der Waals surface area contributed by atoms with Gasteiger partial charge >= 0.3 is 0 Å². The number of hydrogen-bond acceptors (Lipinski definition) is 2. The van der Waals surface area contributed by atoms with Crippen LogP contribution in [0.1, 0.15) is 33.1 Å². The highest BCUT2D eigenvalue weighted by molar-refractivity contribution is 9.10. The average molecular weight is 316 g/mol. The Morgan fingerprint density at radius 1 is 1.28 bits per heavy atom. The second kappa shape index (κ2) is 5.47. The Morgan fingerprint density at radius 2 is 2.00 bits per heavy atom. The normalized spacial score (nSPS) is 28.1. The lowest BCUT2D eigenvalue weighted by atomic mass is 9.80. The van der Waals surface area contributed by atoms with Gasteiger partial charge in [0.1, 0.15) is 5.82 Å². The molecule has 2 rings (SSSR count). The van der Waals surface area contributed by atoms with E-state index < -0.39 is 0 Å². The average Bonchev–Trinajstić information content (AvgIpc) is 2.28. The summed E-state index contributed by atoms with van der Waals surface area (Å²) < 4.78 is 19.7. The summed E-state index contributed by atoms with van der Waals surface area (Å²) in [5, 5.41) is 0. The Kier molecular flexibility index (Phi) is 4.15. The highest BCUT2D eigenvalue weighted by Gasteiger charge is 2.26. The number of anilines is 1. The first kappa shape index (κ1) is 13.7. The highest BCUT2D eigenvalue weighted by Crippen LogP contribution is 2.37. The molecule has 1 aliphatic rings. The molecule has 0 aromatic heterocycles. The second-order valence-corrected chi connectivity index (χ2v) is 6.17. The van der Waals surface area contributed by atoms with Crippen molar-refractivity contribution in [1.82, 2.24) is 0 Å². The van der Waals surface area contributed by atoms with Gasteiger partial charge in [-0.25, -0.2) is 4.39 Å². The van der Waals surface area contributed by atoms with Crippen LogP contribution >= 0.6 is 15.9 Å². The molecule has 0 saturated heterocycles. The summed E-state index contributed by atoms with van der Waals surface area (Å²) >= 11 is 3.31. The summed E-state index contributed by atoms with van der Waals surface area (Å²) in [5.41, 5.74) is 6.16. The van der Waals surface area contributed by atoms with Gasteiger partial charge in [0, 0.05) is 6.07 Å². The first-order valence-corrected chi connectivity index (χ1v) is 7.18. The number of nitrogens with two attached hydrogens (primary N) is 1. The van der Waals surface area contributed by atoms with E-state index in [1.807, 2.05) is 0 Å². The predicted molar refractivity (Wildman–Crippen MR) is 75.1 cm³/mol. The molecule has 1 saturated carbocycles. The van der Waals surface area contributed by atoms with Gasteiger partial charge in [0.05, 0.1) is 16.3 Å². The fraction of sp³-hybridized carbons (Fsp3) is 0.571. The van der Waals surface area contributed by atoms with Gasteiger partial charge in [-0.2, -0.15) is 0 Å². The smallest absolute Gasteiger partial charge is 0.156 e. The minimum Gasteiger partial charge on any atom is -0.487 e. The number of hydrogen-bond donors (Lipinski definition) is 1. The van der Waals surface area contributed by atoms with Crippen LogP contribution in [0.15, 0.2) is 16.6 Å². The van der Waals surface area contributed by atoms with Crippen molar-refractivity contribution in [3.8, 4) is 5.75 Å². The van der Waals surface area contributed by atoms with Crippen molar-refractivity contribution in [3.05, 3.63) is 22.4 Å². The Morgan fingerprint density at radius 3 is 2.61 bits per heavy atom. The summed E-state index contributed by atoms with van der Waals surface area (Å²) in [7, 11) is 0. The molecule has 18 heavy (non-hydrogen) atoms. The number of rotatable bonds is 2. The van der Waals surface area contributed by atoms with E-state index in [4.69, 9.17) is 10.5 Å². The monoisotopic (exact) mass is 315 g/mol. The molecule has 2 N–H and O–H groups in total. The highest BCUT2D eigenvalue weighted by atomic mass is 79.9. The molecule has 1 aliphatic carbocycles. The van der Waals surface area contributed by atoms with Gasteiger partial charge in [0.2, 0.25) is 0 Å². The lowest BCUT2D eigenvalue weighted by molar-refractivity contribution is 0.101. The zero-order chi connectivity index (χ0) is 13.3. The van der Waals surface area contributed by atoms with Gasteiger partial charge < -0.3 is 10.5 Å². The van der Waals surface area contributed by atoms with Crippen LogP contribution < -0.4 is 10.5 Å². The van der Waals surface area contributed by atoms with Gasteiger partial charge in [-0.05, 0) is 53.1 Å². The lowest BCUT2D eigenvalue weighted by Crippen LogP contribution is -2.29. The first-order chi connectivity index (χ1) is 8.47. The van der Waals surface area contributed by atoms with Crippen molar-refractivity contribution in [2.24, 2.45) is 11.8 Å². The van der Waals surface area contributed by atoms with Crippen LogP contribution in [0.5, 0.6) is 5.75 Å². The molecule has 0 radical (unpaired) electrons. The molecular formula is C14H19BrFNO. The van der Waals surface area contributed by atoms with Crippen molar-refractivity contribution >= 4 is 21.6 Å². The summed E-state index contributed by atoms with van der Waals surface area (Å²) in [4.78, 5) is 0. The maximum absolute atomic E-state index is 13.1. The summed E-state index contributed by atoms with van der Waals surface area (Å²) in [5.74, 6) is 1.63. The predicted octanol–water partition coefficient (Wildman–Crippen LogP) is 4.37. The van der Waals surface area contributed by atoms with Gasteiger partial charge in [0.25, 0.3) is 0 Å². The zero-order valence-electron chi connectivity index (χ0n) is 10.7. The molecule has 4 heteroatoms. The molecule has 0 aliphatic heterocycles. The molecule has 2 nitrogen and oxygen atoms in total. The molecule has 1 aromatic rings. The molecule has 3 unspecified atom stereocenters. The van der Waals surface area contributed by atoms with Gasteiger partial charge in [-0.1, -0.05) is 13.8 Å². The van der Waals surface area contributed by atoms with E-state index in [2.05, 4.69) is 29.8 Å². The van der Waals surface area contributed by atoms with Crippen molar-refractivity contribution in [2.75, 3.05) is 5.73 Å². The molecule has 0 spiro atoms. The first-order valence-electron chi connectivity index (χ1n) is 6.38. The van der Waals surface area contributed by atoms with Gasteiger partial charge in [-0.15, -0.1) is 0 Å². The fourth-order valence-electron chi connectivity index (χ4n) is 2.48. The maximum atomic E-state index is 13.1. The van der Waals surface area contributed by atoms with E-state index in [1.165, 1.54) is 18.6 Å². The topological polar surface area (TPSA) is 35.2 Å². The minimum absolute atomic E-state index is 0.181. The van der Waals surface area contributed by atoms with Crippen LogP contribution in [0, 0.1) is 17.7 Å². The molecule has 100 valence electrons. The van der Waals surface area contributed by atoms with E-state index in [0.717, 1.165) is 18.8 Å². The van der Waals surface area contributed by atoms with Crippen molar-refractivity contribution in [3.63, 3.8) is 0 Å². The Balaban J connectivity index is 2.10. The van der Waals surface area contributed by atoms with Gasteiger partial charge in [-0.3, -0.25) is 0 Å². The maximum Gasteiger partial charge on any atom is 0.156 e. The Hall–Kier alpha value is -0.770. The van der Waals surface area contributed by atoms with E-state index in [0.29, 0.717) is 21.8 Å². The van der Waals surface area contributed by atoms with Crippen LogP contribution in [-0.4, -0.2) is 6.10 Å². The van der Waals surface area contributed by atoms with Crippen LogP contribution in [0.4, 0.5) is 10.1 Å². The lowest BCUT2D eigenvalue weighted by Gasteiger charge is -2.32. The number of benzene rings is 1. The molecule has 0 amide bonds. The third kappa shape index (κ3) is 2.97. The molecular weight excluding hydrogens is 297 g/mol. The minimum atomic E-state index is -0.350. The fourth-order valence-corrected chi connectivity index (χ4v) is 3.02. The van der Waals surface area contributed by atoms with Crippen LogP contribution in [-0.2, 0) is 0 Å². The largest absolute Gasteiger partial charge is 0.487 e. The van der Waals surface area contributed by atoms with Crippen LogP contribution in [0.3, 0.4) is 0 Å². The van der Waals surface area contributed by atoms with E-state index in [9.17, 15) is 4.39 Å². The number of nitrogen functional groups attached to an aromatic ring is 1. The quantitative estimate of drug-likeness (QED) is 0.822. The third-order valence-electron chi connectivity index (χ3n) is 3.87. The number of halogens is 2. The number of ether oxygens (including phenoxy) is 1.